The summed E-state index contributed by atoms with van der Waals surface area (Å²) in [5.74, 6) is 0.880. The van der Waals surface area contributed by atoms with Crippen molar-refractivity contribution in [3.8, 4) is 0 Å². The lowest BCUT2D eigenvalue weighted by Crippen LogP contribution is -2.20. The molecule has 0 fully saturated rings. The number of nitrogens with one attached hydrogen (secondary N) is 1. The Labute approximate surface area is 111 Å². The molecule has 3 heteroatoms. The molecule has 4 rings (SSSR count). The molecule has 2 aliphatic rings. The van der Waals surface area contributed by atoms with E-state index < -0.39 is 0 Å². The van der Waals surface area contributed by atoms with Gasteiger partial charge in [0.2, 0.25) is 0 Å². The molecule has 1 N–H and O–H groups in total. The van der Waals surface area contributed by atoms with Gasteiger partial charge in [-0.1, -0.05) is 18.2 Å². The first-order valence-electron chi connectivity index (χ1n) is 6.50. The molecule has 0 atom stereocenters. The minimum atomic E-state index is 0.880. The molecule has 0 unspecified atom stereocenters. The Hall–Kier alpha value is -2.42. The van der Waals surface area contributed by atoms with E-state index in [0.29, 0.717) is 0 Å². The fourth-order valence-electron chi connectivity index (χ4n) is 2.70. The highest BCUT2D eigenvalue weighted by Crippen LogP contribution is 2.36. The number of amidine groups is 1. The molecule has 1 aliphatic heterocycles. The predicted octanol–water partition coefficient (Wildman–Crippen LogP) is 3.24. The number of nitrogens with zero attached hydrogens (tertiary/aromatic N) is 2. The zero-order chi connectivity index (χ0) is 12.7. The van der Waals surface area contributed by atoms with E-state index >= 15 is 0 Å². The van der Waals surface area contributed by atoms with Crippen LogP contribution >= 0.6 is 0 Å². The summed E-state index contributed by atoms with van der Waals surface area (Å²) in [6, 6.07) is 10.4. The summed E-state index contributed by atoms with van der Waals surface area (Å²) in [7, 11) is 0. The minimum Gasteiger partial charge on any atom is -0.339 e. The number of rotatable bonds is 1. The fraction of sp³-hybridized carbons (Fsp3) is 0.125. The molecular formula is C16H13N3. The number of aryl methyl sites for hydroxylation is 1. The molecule has 0 saturated heterocycles. The Morgan fingerprint density at radius 3 is 3.00 bits per heavy atom. The van der Waals surface area contributed by atoms with Crippen LogP contribution < -0.4 is 5.32 Å². The molecule has 1 aromatic carbocycles. The Balaban J connectivity index is 1.87. The first-order chi connectivity index (χ1) is 9.42. The number of anilines is 1. The van der Waals surface area contributed by atoms with E-state index in [4.69, 9.17) is 4.99 Å². The molecule has 3 nitrogen and oxygen atoms in total. The van der Waals surface area contributed by atoms with E-state index in [-0.39, 0.29) is 0 Å². The van der Waals surface area contributed by atoms with Gasteiger partial charge in [-0.3, -0.25) is 4.98 Å². The van der Waals surface area contributed by atoms with Crippen molar-refractivity contribution in [1.82, 2.24) is 4.98 Å². The third-order valence-electron chi connectivity index (χ3n) is 3.58. The largest absolute Gasteiger partial charge is 0.339 e. The molecular weight excluding hydrogens is 234 g/mol. The van der Waals surface area contributed by atoms with Gasteiger partial charge in [0.25, 0.3) is 0 Å². The van der Waals surface area contributed by atoms with Gasteiger partial charge in [0.05, 0.1) is 5.70 Å². The normalized spacial score (nSPS) is 16.0. The number of benzene rings is 1. The van der Waals surface area contributed by atoms with Gasteiger partial charge in [0.15, 0.2) is 0 Å². The van der Waals surface area contributed by atoms with Crippen molar-refractivity contribution in [1.29, 1.82) is 0 Å². The highest BCUT2D eigenvalue weighted by atomic mass is 15.0. The number of aromatic nitrogens is 1. The fourth-order valence-corrected chi connectivity index (χ4v) is 2.70. The van der Waals surface area contributed by atoms with Crippen molar-refractivity contribution in [3.63, 3.8) is 0 Å². The summed E-state index contributed by atoms with van der Waals surface area (Å²) in [5, 5.41) is 3.42. The van der Waals surface area contributed by atoms with E-state index in [1.165, 1.54) is 11.1 Å². The van der Waals surface area contributed by atoms with Crippen LogP contribution in [0.1, 0.15) is 23.1 Å². The standard InChI is InChI=1S/C16H13N3/c1-4-11-5-2-8-14-15(11)13(7-1)18-16(19-14)12-6-3-9-17-10-12/h1,3-4,6-10H,2,5H2,(H,18,19). The van der Waals surface area contributed by atoms with Crippen LogP contribution in [0.5, 0.6) is 0 Å². The highest BCUT2D eigenvalue weighted by molar-refractivity contribution is 6.14. The SMILES string of the molecule is C1=C2N=C(c3cccnc3)Nc3cccc(c32)CC1. The second-order valence-corrected chi connectivity index (χ2v) is 4.79. The number of pyridine rings is 1. The van der Waals surface area contributed by atoms with Gasteiger partial charge in [-0.05, 0) is 36.6 Å². The quantitative estimate of drug-likeness (QED) is 0.840. The van der Waals surface area contributed by atoms with E-state index in [1.54, 1.807) is 6.20 Å². The maximum atomic E-state index is 4.75. The zero-order valence-corrected chi connectivity index (χ0v) is 10.4. The van der Waals surface area contributed by atoms with Crippen molar-refractivity contribution in [2.24, 2.45) is 4.99 Å². The summed E-state index contributed by atoms with van der Waals surface area (Å²) in [6.07, 6.45) is 8.01. The Morgan fingerprint density at radius 1 is 1.11 bits per heavy atom. The summed E-state index contributed by atoms with van der Waals surface area (Å²) >= 11 is 0. The number of hydrogen-bond donors (Lipinski definition) is 1. The van der Waals surface area contributed by atoms with Gasteiger partial charge >= 0.3 is 0 Å². The second kappa shape index (κ2) is 4.05. The average Bonchev–Trinajstić information content (AvgIpc) is 2.49. The molecule has 2 aromatic rings. The third-order valence-corrected chi connectivity index (χ3v) is 3.58. The Kier molecular flexibility index (Phi) is 2.24. The zero-order valence-electron chi connectivity index (χ0n) is 10.4. The van der Waals surface area contributed by atoms with Crippen LogP contribution in [0.2, 0.25) is 0 Å². The van der Waals surface area contributed by atoms with Crippen LogP contribution in [0.25, 0.3) is 5.70 Å². The Morgan fingerprint density at radius 2 is 2.11 bits per heavy atom. The highest BCUT2D eigenvalue weighted by Gasteiger charge is 2.22. The van der Waals surface area contributed by atoms with E-state index in [2.05, 4.69) is 34.6 Å². The number of allylic oxidation sites excluding steroid dienone is 1. The molecule has 0 bridgehead atoms. The van der Waals surface area contributed by atoms with Crippen molar-refractivity contribution in [3.05, 3.63) is 65.5 Å². The van der Waals surface area contributed by atoms with Crippen molar-refractivity contribution in [2.75, 3.05) is 5.32 Å². The van der Waals surface area contributed by atoms with Gasteiger partial charge in [-0.15, -0.1) is 0 Å². The first kappa shape index (κ1) is 10.5. The monoisotopic (exact) mass is 247 g/mol. The molecule has 0 radical (unpaired) electrons. The molecule has 2 heterocycles. The van der Waals surface area contributed by atoms with Crippen LogP contribution in [0.15, 0.2) is 53.8 Å². The molecule has 1 aliphatic carbocycles. The van der Waals surface area contributed by atoms with Gasteiger partial charge in [0.1, 0.15) is 5.84 Å². The number of hydrogen-bond acceptors (Lipinski definition) is 3. The van der Waals surface area contributed by atoms with Gasteiger partial charge < -0.3 is 5.32 Å². The number of aliphatic imine (C=N–C) groups is 1. The molecule has 92 valence electrons. The van der Waals surface area contributed by atoms with Crippen LogP contribution in [0.4, 0.5) is 5.69 Å². The topological polar surface area (TPSA) is 37.3 Å². The van der Waals surface area contributed by atoms with Crippen LogP contribution in [-0.4, -0.2) is 10.8 Å². The van der Waals surface area contributed by atoms with E-state index in [0.717, 1.165) is 35.6 Å². The average molecular weight is 247 g/mol. The lowest BCUT2D eigenvalue weighted by molar-refractivity contribution is 0.971. The van der Waals surface area contributed by atoms with Crippen molar-refractivity contribution in [2.45, 2.75) is 12.8 Å². The van der Waals surface area contributed by atoms with Gasteiger partial charge in [-0.2, -0.15) is 0 Å². The molecule has 0 spiro atoms. The molecule has 19 heavy (non-hydrogen) atoms. The maximum absolute atomic E-state index is 4.75. The Bertz CT molecular complexity index is 699. The summed E-state index contributed by atoms with van der Waals surface area (Å²) in [4.78, 5) is 8.91. The van der Waals surface area contributed by atoms with Crippen LogP contribution in [0.3, 0.4) is 0 Å². The summed E-state index contributed by atoms with van der Waals surface area (Å²) < 4.78 is 0. The maximum Gasteiger partial charge on any atom is 0.139 e. The second-order valence-electron chi connectivity index (χ2n) is 4.79. The molecule has 0 amide bonds. The molecule has 1 aromatic heterocycles. The van der Waals surface area contributed by atoms with Crippen LogP contribution in [-0.2, 0) is 6.42 Å². The summed E-state index contributed by atoms with van der Waals surface area (Å²) in [5.41, 5.74) is 5.91. The van der Waals surface area contributed by atoms with E-state index in [9.17, 15) is 0 Å². The first-order valence-corrected chi connectivity index (χ1v) is 6.50. The predicted molar refractivity (Wildman–Crippen MR) is 77.1 cm³/mol. The van der Waals surface area contributed by atoms with Crippen LogP contribution in [0, 0.1) is 0 Å². The lowest BCUT2D eigenvalue weighted by atomic mass is 9.92. The van der Waals surface area contributed by atoms with E-state index in [1.807, 2.05) is 18.3 Å². The third kappa shape index (κ3) is 1.66. The molecule has 0 saturated carbocycles. The lowest BCUT2D eigenvalue weighted by Gasteiger charge is -2.25. The summed E-state index contributed by atoms with van der Waals surface area (Å²) in [6.45, 7) is 0. The smallest absolute Gasteiger partial charge is 0.139 e. The van der Waals surface area contributed by atoms with Gasteiger partial charge in [-0.25, -0.2) is 4.99 Å². The van der Waals surface area contributed by atoms with Gasteiger partial charge in [0, 0.05) is 29.2 Å². The van der Waals surface area contributed by atoms with Crippen molar-refractivity contribution >= 4 is 17.2 Å². The minimum absolute atomic E-state index is 0.880. The van der Waals surface area contributed by atoms with Crippen molar-refractivity contribution < 1.29 is 0 Å².